The Labute approximate surface area is 195 Å². The van der Waals surface area contributed by atoms with E-state index in [1.807, 2.05) is 13.8 Å². The SMILES string of the molecule is CC.CO.c1ccc2c(c1)c1ccccc1n2CCCn1c2ccccc2c2ccccc21. The van der Waals surface area contributed by atoms with E-state index < -0.39 is 0 Å². The molecule has 33 heavy (non-hydrogen) atoms. The van der Waals surface area contributed by atoms with E-state index in [0.29, 0.717) is 0 Å². The first kappa shape index (κ1) is 22.6. The second kappa shape index (κ2) is 10.4. The molecule has 0 unspecified atom stereocenters. The molecule has 3 heteroatoms. The molecule has 0 saturated carbocycles. The summed E-state index contributed by atoms with van der Waals surface area (Å²) in [6.07, 6.45) is 1.09. The summed E-state index contributed by atoms with van der Waals surface area (Å²) in [7, 11) is 1.00. The summed E-state index contributed by atoms with van der Waals surface area (Å²) in [5.41, 5.74) is 5.32. The molecule has 0 fully saturated rings. The molecule has 0 atom stereocenters. The summed E-state index contributed by atoms with van der Waals surface area (Å²) in [5, 5.41) is 12.4. The number of nitrogens with zero attached hydrogens (tertiary/aromatic N) is 2. The van der Waals surface area contributed by atoms with Gasteiger partial charge in [0.15, 0.2) is 0 Å². The van der Waals surface area contributed by atoms with Crippen molar-refractivity contribution in [2.45, 2.75) is 33.4 Å². The summed E-state index contributed by atoms with van der Waals surface area (Å²) in [6, 6.07) is 35.1. The fourth-order valence-corrected chi connectivity index (χ4v) is 4.88. The maximum atomic E-state index is 7.00. The van der Waals surface area contributed by atoms with Gasteiger partial charge in [0.05, 0.1) is 0 Å². The predicted octanol–water partition coefficient (Wildman–Crippen LogP) is 7.63. The van der Waals surface area contributed by atoms with Gasteiger partial charge in [0.1, 0.15) is 0 Å². The molecule has 2 aromatic heterocycles. The first-order chi connectivity index (χ1) is 16.4. The molecule has 0 aliphatic rings. The fraction of sp³-hybridized carbons (Fsp3) is 0.200. The summed E-state index contributed by atoms with van der Waals surface area (Å²) in [4.78, 5) is 0. The lowest BCUT2D eigenvalue weighted by Crippen LogP contribution is -2.04. The highest BCUT2D eigenvalue weighted by molar-refractivity contribution is 6.08. The van der Waals surface area contributed by atoms with Crippen LogP contribution in [-0.2, 0) is 13.1 Å². The van der Waals surface area contributed by atoms with Gasteiger partial charge in [0.25, 0.3) is 0 Å². The van der Waals surface area contributed by atoms with Crippen molar-refractivity contribution in [1.29, 1.82) is 0 Å². The standard InChI is InChI=1S/C27H22N2.C2H6.CH4O/c1-5-14-24-20(10-1)21-11-2-6-15-25(21)28(24)18-9-19-29-26-16-7-3-12-22(26)23-13-4-8-17-27(23)29;2*1-2/h1-8,10-17H,9,18-19H2;1-2H3;2H,1H3. The number of rotatable bonds is 4. The minimum absolute atomic E-state index is 1.00. The molecule has 168 valence electrons. The first-order valence-corrected chi connectivity index (χ1v) is 11.8. The number of aliphatic hydroxyl groups excluding tert-OH is 1. The molecule has 0 radical (unpaired) electrons. The minimum atomic E-state index is 1.00. The highest BCUT2D eigenvalue weighted by Gasteiger charge is 2.11. The minimum Gasteiger partial charge on any atom is -0.400 e. The predicted molar refractivity (Wildman–Crippen MR) is 143 cm³/mol. The first-order valence-electron chi connectivity index (χ1n) is 11.8. The van der Waals surface area contributed by atoms with Gasteiger partial charge in [-0.3, -0.25) is 0 Å². The molecule has 0 spiro atoms. The van der Waals surface area contributed by atoms with Crippen LogP contribution in [0.25, 0.3) is 43.6 Å². The molecule has 0 aliphatic heterocycles. The second-order valence-electron chi connectivity index (χ2n) is 7.73. The van der Waals surface area contributed by atoms with Gasteiger partial charge in [-0.1, -0.05) is 86.6 Å². The van der Waals surface area contributed by atoms with Crippen LogP contribution in [0, 0.1) is 0 Å². The van der Waals surface area contributed by atoms with Gasteiger partial charge >= 0.3 is 0 Å². The third-order valence-corrected chi connectivity index (χ3v) is 6.12. The molecule has 6 rings (SSSR count). The van der Waals surface area contributed by atoms with E-state index >= 15 is 0 Å². The lowest BCUT2D eigenvalue weighted by molar-refractivity contribution is 0.399. The van der Waals surface area contributed by atoms with Crippen molar-refractivity contribution < 1.29 is 5.11 Å². The van der Waals surface area contributed by atoms with E-state index in [0.717, 1.165) is 26.6 Å². The number of hydrogen-bond acceptors (Lipinski definition) is 1. The van der Waals surface area contributed by atoms with Crippen molar-refractivity contribution in [2.75, 3.05) is 7.11 Å². The van der Waals surface area contributed by atoms with E-state index in [1.54, 1.807) is 0 Å². The van der Waals surface area contributed by atoms with Crippen molar-refractivity contribution in [1.82, 2.24) is 9.13 Å². The van der Waals surface area contributed by atoms with Crippen LogP contribution in [0.15, 0.2) is 97.1 Å². The Kier molecular flexibility index (Phi) is 7.11. The van der Waals surface area contributed by atoms with Crippen LogP contribution in [0.3, 0.4) is 0 Å². The van der Waals surface area contributed by atoms with E-state index in [1.165, 1.54) is 43.6 Å². The summed E-state index contributed by atoms with van der Waals surface area (Å²) < 4.78 is 4.97. The topological polar surface area (TPSA) is 30.1 Å². The Bertz CT molecular complexity index is 1270. The van der Waals surface area contributed by atoms with E-state index in [9.17, 15) is 0 Å². The van der Waals surface area contributed by atoms with Crippen LogP contribution in [0.4, 0.5) is 0 Å². The van der Waals surface area contributed by atoms with Gasteiger partial charge in [-0.2, -0.15) is 0 Å². The van der Waals surface area contributed by atoms with Crippen LogP contribution in [0.1, 0.15) is 20.3 Å². The molecule has 0 aliphatic carbocycles. The number of para-hydroxylation sites is 4. The van der Waals surface area contributed by atoms with Crippen molar-refractivity contribution >= 4 is 43.6 Å². The van der Waals surface area contributed by atoms with Crippen molar-refractivity contribution in [3.63, 3.8) is 0 Å². The zero-order chi connectivity index (χ0) is 23.2. The number of aryl methyl sites for hydroxylation is 2. The molecule has 1 N–H and O–H groups in total. The highest BCUT2D eigenvalue weighted by Crippen LogP contribution is 2.31. The highest BCUT2D eigenvalue weighted by atomic mass is 16.2. The smallest absolute Gasteiger partial charge is 0.0491 e. The van der Waals surface area contributed by atoms with Gasteiger partial charge in [0, 0.05) is 63.8 Å². The monoisotopic (exact) mass is 436 g/mol. The summed E-state index contributed by atoms with van der Waals surface area (Å²) in [5.74, 6) is 0. The zero-order valence-electron chi connectivity index (χ0n) is 19.7. The number of benzene rings is 4. The molecule has 3 nitrogen and oxygen atoms in total. The molecular formula is C30H32N2O. The number of fused-ring (bicyclic) bond motifs is 6. The van der Waals surface area contributed by atoms with Crippen molar-refractivity contribution in [3.05, 3.63) is 97.1 Å². The lowest BCUT2D eigenvalue weighted by Gasteiger charge is -2.10. The van der Waals surface area contributed by atoms with Crippen LogP contribution in [-0.4, -0.2) is 21.4 Å². The van der Waals surface area contributed by atoms with Crippen LogP contribution < -0.4 is 0 Å². The molecule has 4 aromatic carbocycles. The quantitative estimate of drug-likeness (QED) is 0.302. The Balaban J connectivity index is 0.000000617. The summed E-state index contributed by atoms with van der Waals surface area (Å²) in [6.45, 7) is 6.02. The van der Waals surface area contributed by atoms with Gasteiger partial charge in [-0.05, 0) is 30.7 Å². The molecule has 0 bridgehead atoms. The lowest BCUT2D eigenvalue weighted by atomic mass is 10.2. The Morgan fingerprint density at radius 2 is 0.697 bits per heavy atom. The molecule has 0 saturated heterocycles. The van der Waals surface area contributed by atoms with Gasteiger partial charge < -0.3 is 14.2 Å². The van der Waals surface area contributed by atoms with E-state index in [-0.39, 0.29) is 0 Å². The molecule has 0 amide bonds. The van der Waals surface area contributed by atoms with Crippen LogP contribution in [0.5, 0.6) is 0 Å². The Hall–Kier alpha value is -3.56. The van der Waals surface area contributed by atoms with Gasteiger partial charge in [-0.15, -0.1) is 0 Å². The largest absolute Gasteiger partial charge is 0.400 e. The molecule has 6 aromatic rings. The average Bonchev–Trinajstić information content (AvgIpc) is 3.40. The van der Waals surface area contributed by atoms with Crippen LogP contribution in [0.2, 0.25) is 0 Å². The zero-order valence-corrected chi connectivity index (χ0v) is 19.7. The number of aromatic nitrogens is 2. The molecular weight excluding hydrogens is 404 g/mol. The van der Waals surface area contributed by atoms with E-state index in [2.05, 4.69) is 106 Å². The third-order valence-electron chi connectivity index (χ3n) is 6.12. The van der Waals surface area contributed by atoms with Crippen molar-refractivity contribution in [2.24, 2.45) is 0 Å². The fourth-order valence-electron chi connectivity index (χ4n) is 4.88. The van der Waals surface area contributed by atoms with Crippen LogP contribution >= 0.6 is 0 Å². The third kappa shape index (κ3) is 4.01. The Morgan fingerprint density at radius 3 is 0.970 bits per heavy atom. The number of hydrogen-bond donors (Lipinski definition) is 1. The average molecular weight is 437 g/mol. The Morgan fingerprint density at radius 1 is 0.455 bits per heavy atom. The normalized spacial score (nSPS) is 10.8. The maximum Gasteiger partial charge on any atom is 0.0491 e. The van der Waals surface area contributed by atoms with Crippen molar-refractivity contribution in [3.8, 4) is 0 Å². The molecule has 2 heterocycles. The summed E-state index contributed by atoms with van der Waals surface area (Å²) >= 11 is 0. The maximum absolute atomic E-state index is 7.00. The van der Waals surface area contributed by atoms with Gasteiger partial charge in [0.2, 0.25) is 0 Å². The van der Waals surface area contributed by atoms with Gasteiger partial charge in [-0.25, -0.2) is 0 Å². The second-order valence-corrected chi connectivity index (χ2v) is 7.73. The number of aliphatic hydroxyl groups is 1. The van der Waals surface area contributed by atoms with E-state index in [4.69, 9.17) is 5.11 Å².